The molecule has 0 unspecified atom stereocenters. The minimum atomic E-state index is -4.52. The highest BCUT2D eigenvalue weighted by atomic mass is 19.4. The molecule has 0 spiro atoms. The third kappa shape index (κ3) is 6.22. The molecule has 8 rings (SSSR count). The number of carbonyl (C=O) groups excluding carboxylic acids is 1. The monoisotopic (exact) mass is 722 g/mol. The number of nitrogens with zero attached hydrogens (tertiary/aromatic N) is 5. The lowest BCUT2D eigenvalue weighted by atomic mass is 9.77. The van der Waals surface area contributed by atoms with Crippen molar-refractivity contribution in [3.63, 3.8) is 0 Å². The summed E-state index contributed by atoms with van der Waals surface area (Å²) in [7, 11) is 1.84. The predicted octanol–water partition coefficient (Wildman–Crippen LogP) is 8.49. The summed E-state index contributed by atoms with van der Waals surface area (Å²) in [6.07, 6.45) is -1.11. The van der Waals surface area contributed by atoms with Crippen molar-refractivity contribution >= 4 is 16.8 Å². The zero-order chi connectivity index (χ0) is 37.5. The molecule has 3 aromatic heterocycles. The number of nitrogens with one attached hydrogen (secondary N) is 1. The number of aryl methyl sites for hydroxylation is 1. The predicted molar refractivity (Wildman–Crippen MR) is 203 cm³/mol. The van der Waals surface area contributed by atoms with E-state index in [1.54, 1.807) is 24.5 Å². The second-order valence-electron chi connectivity index (χ2n) is 13.8. The van der Waals surface area contributed by atoms with E-state index in [0.717, 1.165) is 39.4 Å². The van der Waals surface area contributed by atoms with Gasteiger partial charge in [-0.1, -0.05) is 109 Å². The average molecular weight is 723 g/mol. The highest BCUT2D eigenvalue weighted by molar-refractivity contribution is 5.99. The Kier molecular flexibility index (Phi) is 9.07. The van der Waals surface area contributed by atoms with Crippen molar-refractivity contribution in [2.75, 3.05) is 20.1 Å². The maximum absolute atomic E-state index is 14.2. The van der Waals surface area contributed by atoms with Gasteiger partial charge in [-0.2, -0.15) is 18.3 Å². The second-order valence-corrected chi connectivity index (χ2v) is 13.8. The fourth-order valence-electron chi connectivity index (χ4n) is 7.98. The minimum Gasteiger partial charge on any atom is -0.346 e. The van der Waals surface area contributed by atoms with Crippen LogP contribution in [0.1, 0.15) is 49.9 Å². The first-order chi connectivity index (χ1) is 26.1. The lowest BCUT2D eigenvalue weighted by molar-refractivity contribution is -0.138. The lowest BCUT2D eigenvalue weighted by Gasteiger charge is -2.37. The molecule has 7 nitrogen and oxygen atoms in total. The summed E-state index contributed by atoms with van der Waals surface area (Å²) in [5.74, 6) is -1.06. The molecule has 1 amide bonds. The van der Waals surface area contributed by atoms with E-state index < -0.39 is 35.1 Å². The molecule has 1 aliphatic heterocycles. The van der Waals surface area contributed by atoms with Crippen molar-refractivity contribution in [2.24, 2.45) is 0 Å². The summed E-state index contributed by atoms with van der Waals surface area (Å²) in [5, 5.41) is 9.20. The zero-order valence-electron chi connectivity index (χ0n) is 29.7. The minimum absolute atomic E-state index is 0.126. The molecule has 2 atom stereocenters. The van der Waals surface area contributed by atoms with Crippen LogP contribution in [0.3, 0.4) is 0 Å². The number of alkyl halides is 3. The standard InChI is InChI=1S/C44H37F3N6O/c1-29-24-30(22-23-48-29)41-35-26-49-38(42(54)50-39-28-52(2)27-36(39)34-20-12-13-21-37(34)44(45,46)47)25-40(35)53(51-41)43(31-14-6-3-7-15-31,32-16-8-4-9-17-32)33-18-10-5-11-19-33/h3-26,36,39H,27-28H2,1-2H3,(H,50,54)/t36-,39+/m0/s1. The summed E-state index contributed by atoms with van der Waals surface area (Å²) in [4.78, 5) is 25.3. The van der Waals surface area contributed by atoms with Crippen LogP contribution in [-0.4, -0.2) is 56.7 Å². The van der Waals surface area contributed by atoms with Crippen molar-refractivity contribution in [3.8, 4) is 11.3 Å². The Morgan fingerprint density at radius 2 is 1.35 bits per heavy atom. The van der Waals surface area contributed by atoms with Gasteiger partial charge in [-0.15, -0.1) is 0 Å². The van der Waals surface area contributed by atoms with Crippen LogP contribution in [0.2, 0.25) is 0 Å². The average Bonchev–Trinajstić information content (AvgIpc) is 3.76. The third-order valence-corrected chi connectivity index (χ3v) is 10.3. The third-order valence-electron chi connectivity index (χ3n) is 10.3. The number of fused-ring (bicyclic) bond motifs is 1. The molecule has 270 valence electrons. The SMILES string of the molecule is Cc1cc(-c2nn(C(c3ccccc3)(c3ccccc3)c3ccccc3)c3cc(C(=O)N[C@@H]4CN(C)C[C@H]4c4ccccc4C(F)(F)F)ncc23)ccn1. The summed E-state index contributed by atoms with van der Waals surface area (Å²) in [5.41, 5.74) is 4.44. The molecular weight excluding hydrogens is 686 g/mol. The summed E-state index contributed by atoms with van der Waals surface area (Å²) in [6.45, 7) is 2.67. The van der Waals surface area contributed by atoms with Crippen LogP contribution in [0.25, 0.3) is 22.2 Å². The number of likely N-dealkylation sites (tertiary alicyclic amines) is 1. The van der Waals surface area contributed by atoms with E-state index in [1.807, 2.05) is 90.3 Å². The van der Waals surface area contributed by atoms with E-state index in [-0.39, 0.29) is 11.3 Å². The molecule has 0 aliphatic carbocycles. The molecule has 1 fully saturated rings. The van der Waals surface area contributed by atoms with Gasteiger partial charge in [-0.25, -0.2) is 4.68 Å². The lowest BCUT2D eigenvalue weighted by Crippen LogP contribution is -2.40. The van der Waals surface area contributed by atoms with Crippen molar-refractivity contribution in [1.82, 2.24) is 30.0 Å². The Morgan fingerprint density at radius 3 is 1.94 bits per heavy atom. The van der Waals surface area contributed by atoms with Gasteiger partial charge in [0.15, 0.2) is 0 Å². The van der Waals surface area contributed by atoms with Gasteiger partial charge in [0.1, 0.15) is 16.9 Å². The number of rotatable bonds is 8. The number of benzene rings is 4. The van der Waals surface area contributed by atoms with Gasteiger partial charge in [0.05, 0.1) is 11.1 Å². The number of halogens is 3. The topological polar surface area (TPSA) is 75.9 Å². The molecule has 4 aromatic carbocycles. The van der Waals surface area contributed by atoms with Crippen LogP contribution in [0.15, 0.2) is 146 Å². The first-order valence-corrected chi connectivity index (χ1v) is 17.8. The van der Waals surface area contributed by atoms with Crippen molar-refractivity contribution < 1.29 is 18.0 Å². The molecule has 0 radical (unpaired) electrons. The molecule has 1 aliphatic rings. The quantitative estimate of drug-likeness (QED) is 0.159. The molecule has 1 N–H and O–H groups in total. The molecular formula is C44H37F3N6O. The number of carbonyl (C=O) groups is 1. The Labute approximate surface area is 311 Å². The van der Waals surface area contributed by atoms with Crippen LogP contribution in [0, 0.1) is 6.92 Å². The Morgan fingerprint density at radius 1 is 0.759 bits per heavy atom. The number of pyridine rings is 2. The fourth-order valence-corrected chi connectivity index (χ4v) is 7.98. The van der Waals surface area contributed by atoms with Crippen molar-refractivity contribution in [1.29, 1.82) is 0 Å². The van der Waals surface area contributed by atoms with Crippen molar-refractivity contribution in [3.05, 3.63) is 185 Å². The number of amides is 1. The summed E-state index contributed by atoms with van der Waals surface area (Å²) in [6, 6.07) is 41.0. The van der Waals surface area contributed by atoms with Crippen LogP contribution in [-0.2, 0) is 11.7 Å². The Balaban J connectivity index is 1.32. The van der Waals surface area contributed by atoms with Gasteiger partial charge >= 0.3 is 6.18 Å². The number of hydrogen-bond acceptors (Lipinski definition) is 5. The van der Waals surface area contributed by atoms with Gasteiger partial charge in [-0.3, -0.25) is 14.8 Å². The largest absolute Gasteiger partial charge is 0.416 e. The smallest absolute Gasteiger partial charge is 0.346 e. The zero-order valence-corrected chi connectivity index (χ0v) is 29.7. The van der Waals surface area contributed by atoms with E-state index >= 15 is 0 Å². The van der Waals surface area contributed by atoms with Gasteiger partial charge in [0, 0.05) is 54.1 Å². The fraction of sp³-hybridized carbons (Fsp3) is 0.182. The Hall–Kier alpha value is -6.13. The first kappa shape index (κ1) is 34.9. The first-order valence-electron chi connectivity index (χ1n) is 17.8. The highest BCUT2D eigenvalue weighted by Crippen LogP contribution is 2.44. The normalized spacial score (nSPS) is 16.5. The molecule has 10 heteroatoms. The molecule has 0 saturated carbocycles. The maximum atomic E-state index is 14.2. The van der Waals surface area contributed by atoms with Crippen LogP contribution < -0.4 is 5.32 Å². The molecule has 0 bridgehead atoms. The number of likely N-dealkylation sites (N-methyl/N-ethyl adjacent to an activating group) is 1. The van der Waals surface area contributed by atoms with Gasteiger partial charge in [0.25, 0.3) is 5.91 Å². The Bertz CT molecular complexity index is 2340. The summed E-state index contributed by atoms with van der Waals surface area (Å²) < 4.78 is 44.4. The van der Waals surface area contributed by atoms with Gasteiger partial charge < -0.3 is 10.2 Å². The van der Waals surface area contributed by atoms with E-state index in [9.17, 15) is 18.0 Å². The number of aromatic nitrogens is 4. The molecule has 4 heterocycles. The van der Waals surface area contributed by atoms with E-state index in [1.165, 1.54) is 12.1 Å². The van der Waals surface area contributed by atoms with Crippen LogP contribution >= 0.6 is 0 Å². The molecule has 54 heavy (non-hydrogen) atoms. The van der Waals surface area contributed by atoms with Crippen molar-refractivity contribution in [2.45, 2.75) is 30.6 Å². The maximum Gasteiger partial charge on any atom is 0.416 e. The molecule has 1 saturated heterocycles. The highest BCUT2D eigenvalue weighted by Gasteiger charge is 2.43. The summed E-state index contributed by atoms with van der Waals surface area (Å²) >= 11 is 0. The van der Waals surface area contributed by atoms with Gasteiger partial charge in [0.2, 0.25) is 0 Å². The van der Waals surface area contributed by atoms with E-state index in [4.69, 9.17) is 5.10 Å². The van der Waals surface area contributed by atoms with Crippen LogP contribution in [0.4, 0.5) is 13.2 Å². The van der Waals surface area contributed by atoms with E-state index in [2.05, 4.69) is 51.7 Å². The molecule has 7 aromatic rings. The van der Waals surface area contributed by atoms with Gasteiger partial charge in [-0.05, 0) is 60.5 Å². The number of hydrogen-bond donors (Lipinski definition) is 1. The second kappa shape index (κ2) is 14.0. The van der Waals surface area contributed by atoms with Crippen LogP contribution in [0.5, 0.6) is 0 Å². The van der Waals surface area contributed by atoms with E-state index in [0.29, 0.717) is 24.3 Å².